The fraction of sp³-hybridized carbons (Fsp3) is 0.250. The number of benzene rings is 3. The van der Waals surface area contributed by atoms with Gasteiger partial charge in [0.2, 0.25) is 0 Å². The molecule has 0 fully saturated rings. The van der Waals surface area contributed by atoms with Crippen LogP contribution in [0.3, 0.4) is 0 Å². The van der Waals surface area contributed by atoms with Crippen LogP contribution < -0.4 is 10.1 Å². The number of nitrogens with one attached hydrogen (secondary N) is 1. The van der Waals surface area contributed by atoms with Crippen molar-refractivity contribution in [3.63, 3.8) is 0 Å². The van der Waals surface area contributed by atoms with Gasteiger partial charge < -0.3 is 10.1 Å². The lowest BCUT2D eigenvalue weighted by molar-refractivity contribution is 0.306. The van der Waals surface area contributed by atoms with Crippen LogP contribution in [0.15, 0.2) is 78.9 Å². The molecule has 140 valence electrons. The van der Waals surface area contributed by atoms with Crippen LogP contribution in [-0.2, 0) is 13.2 Å². The van der Waals surface area contributed by atoms with E-state index >= 15 is 0 Å². The van der Waals surface area contributed by atoms with E-state index in [4.69, 9.17) is 16.3 Å². The van der Waals surface area contributed by atoms with Gasteiger partial charge in [-0.25, -0.2) is 0 Å². The van der Waals surface area contributed by atoms with Crippen LogP contribution in [0, 0.1) is 0 Å². The van der Waals surface area contributed by atoms with E-state index in [9.17, 15) is 0 Å². The zero-order chi connectivity index (χ0) is 18.9. The Labute approximate surface area is 167 Å². The molecule has 3 heteroatoms. The van der Waals surface area contributed by atoms with Crippen molar-refractivity contribution in [3.05, 3.63) is 101 Å². The molecule has 2 nitrogen and oxygen atoms in total. The summed E-state index contributed by atoms with van der Waals surface area (Å²) in [7, 11) is 0. The minimum Gasteiger partial charge on any atom is -0.489 e. The molecular weight excluding hydrogens is 354 g/mol. The normalized spacial score (nSPS) is 11.9. The van der Waals surface area contributed by atoms with E-state index in [1.165, 1.54) is 11.1 Å². The molecule has 0 aliphatic carbocycles. The molecule has 0 saturated carbocycles. The molecule has 0 bridgehead atoms. The molecule has 0 saturated heterocycles. The third-order valence-corrected chi connectivity index (χ3v) is 4.78. The zero-order valence-electron chi connectivity index (χ0n) is 15.7. The Bertz CT molecular complexity index is 817. The predicted octanol–water partition coefficient (Wildman–Crippen LogP) is 6.55. The van der Waals surface area contributed by atoms with Crippen LogP contribution in [0.2, 0.25) is 5.02 Å². The van der Waals surface area contributed by atoms with Gasteiger partial charge in [0.05, 0.1) is 0 Å². The fourth-order valence-electron chi connectivity index (χ4n) is 3.10. The van der Waals surface area contributed by atoms with Crippen LogP contribution >= 0.6 is 11.6 Å². The van der Waals surface area contributed by atoms with Gasteiger partial charge in [0, 0.05) is 17.6 Å². The Morgan fingerprint density at radius 2 is 1.67 bits per heavy atom. The van der Waals surface area contributed by atoms with Gasteiger partial charge in [0.15, 0.2) is 0 Å². The number of halogens is 1. The monoisotopic (exact) mass is 379 g/mol. The molecule has 27 heavy (non-hydrogen) atoms. The van der Waals surface area contributed by atoms with Crippen LogP contribution in [0.25, 0.3) is 0 Å². The quantitative estimate of drug-likeness (QED) is 0.455. The highest BCUT2D eigenvalue weighted by Gasteiger charge is 2.09. The van der Waals surface area contributed by atoms with Crippen molar-refractivity contribution in [2.45, 2.75) is 39.0 Å². The molecule has 0 aromatic heterocycles. The maximum absolute atomic E-state index is 6.01. The smallest absolute Gasteiger partial charge is 0.119 e. The number of rotatable bonds is 9. The Morgan fingerprint density at radius 1 is 0.889 bits per heavy atom. The second-order valence-electron chi connectivity index (χ2n) is 6.70. The summed E-state index contributed by atoms with van der Waals surface area (Å²) in [6.07, 6.45) is 2.29. The topological polar surface area (TPSA) is 21.3 Å². The Morgan fingerprint density at radius 3 is 2.37 bits per heavy atom. The molecule has 1 N–H and O–H groups in total. The first-order valence-electron chi connectivity index (χ1n) is 9.49. The molecule has 0 radical (unpaired) electrons. The van der Waals surface area contributed by atoms with Gasteiger partial charge >= 0.3 is 0 Å². The van der Waals surface area contributed by atoms with Gasteiger partial charge in [0.1, 0.15) is 12.4 Å². The van der Waals surface area contributed by atoms with Crippen molar-refractivity contribution in [3.8, 4) is 5.75 Å². The first-order chi connectivity index (χ1) is 13.2. The van der Waals surface area contributed by atoms with Crippen molar-refractivity contribution in [1.29, 1.82) is 0 Å². The Kier molecular flexibility index (Phi) is 7.32. The zero-order valence-corrected chi connectivity index (χ0v) is 16.5. The largest absolute Gasteiger partial charge is 0.489 e. The minimum atomic E-state index is 0.384. The van der Waals surface area contributed by atoms with E-state index in [1.54, 1.807) is 0 Å². The lowest BCUT2D eigenvalue weighted by Crippen LogP contribution is -2.20. The molecule has 0 spiro atoms. The van der Waals surface area contributed by atoms with E-state index in [-0.39, 0.29) is 0 Å². The Balaban J connectivity index is 1.53. The first-order valence-corrected chi connectivity index (χ1v) is 9.87. The fourth-order valence-corrected chi connectivity index (χ4v) is 3.31. The van der Waals surface area contributed by atoms with Gasteiger partial charge in [-0.05, 0) is 47.4 Å². The second kappa shape index (κ2) is 10.1. The molecular formula is C24H26ClNO. The lowest BCUT2D eigenvalue weighted by Gasteiger charge is -2.19. The van der Waals surface area contributed by atoms with Crippen molar-refractivity contribution >= 4 is 11.6 Å². The summed E-state index contributed by atoms with van der Waals surface area (Å²) in [5.41, 5.74) is 3.67. The summed E-state index contributed by atoms with van der Waals surface area (Å²) in [5.74, 6) is 0.867. The van der Waals surface area contributed by atoms with Crippen LogP contribution in [0.5, 0.6) is 5.75 Å². The highest BCUT2D eigenvalue weighted by molar-refractivity contribution is 6.30. The standard InChI is InChI=1S/C24H26ClNO/c1-2-7-24(21-9-4-3-5-10-21)26-17-19-12-14-23(15-13-19)27-18-20-8-6-11-22(25)16-20/h3-6,8-16,24,26H,2,7,17-18H2,1H3. The summed E-state index contributed by atoms with van der Waals surface area (Å²) in [4.78, 5) is 0. The van der Waals surface area contributed by atoms with E-state index in [2.05, 4.69) is 54.7 Å². The van der Waals surface area contributed by atoms with E-state index in [0.717, 1.165) is 35.7 Å². The average molecular weight is 380 g/mol. The molecule has 0 aliphatic rings. The van der Waals surface area contributed by atoms with E-state index in [0.29, 0.717) is 12.6 Å². The van der Waals surface area contributed by atoms with Gasteiger partial charge in [-0.3, -0.25) is 0 Å². The minimum absolute atomic E-state index is 0.384. The molecule has 0 amide bonds. The third kappa shape index (κ3) is 6.13. The maximum atomic E-state index is 6.01. The van der Waals surface area contributed by atoms with Gasteiger partial charge in [-0.1, -0.05) is 79.5 Å². The highest BCUT2D eigenvalue weighted by Crippen LogP contribution is 2.20. The summed E-state index contributed by atoms with van der Waals surface area (Å²) >= 11 is 6.01. The van der Waals surface area contributed by atoms with Crippen molar-refractivity contribution in [2.24, 2.45) is 0 Å². The van der Waals surface area contributed by atoms with Gasteiger partial charge in [-0.2, -0.15) is 0 Å². The maximum Gasteiger partial charge on any atom is 0.119 e. The molecule has 0 aliphatic heterocycles. The highest BCUT2D eigenvalue weighted by atomic mass is 35.5. The van der Waals surface area contributed by atoms with Crippen molar-refractivity contribution in [2.75, 3.05) is 0 Å². The van der Waals surface area contributed by atoms with Gasteiger partial charge in [-0.15, -0.1) is 0 Å². The number of hydrogen-bond donors (Lipinski definition) is 1. The lowest BCUT2D eigenvalue weighted by atomic mass is 10.0. The average Bonchev–Trinajstić information content (AvgIpc) is 2.71. The molecule has 3 aromatic carbocycles. The molecule has 1 unspecified atom stereocenters. The summed E-state index contributed by atoms with van der Waals surface area (Å²) in [6, 6.07) is 27.1. The second-order valence-corrected chi connectivity index (χ2v) is 7.13. The molecule has 3 rings (SSSR count). The predicted molar refractivity (Wildman–Crippen MR) is 113 cm³/mol. The van der Waals surface area contributed by atoms with Crippen LogP contribution in [0.1, 0.15) is 42.5 Å². The van der Waals surface area contributed by atoms with Crippen LogP contribution in [0.4, 0.5) is 0 Å². The third-order valence-electron chi connectivity index (χ3n) is 4.55. The summed E-state index contributed by atoms with van der Waals surface area (Å²) < 4.78 is 5.86. The SMILES string of the molecule is CCCC(NCc1ccc(OCc2cccc(Cl)c2)cc1)c1ccccc1. The molecule has 3 aromatic rings. The Hall–Kier alpha value is -2.29. The summed E-state index contributed by atoms with van der Waals surface area (Å²) in [6.45, 7) is 3.59. The molecule has 0 heterocycles. The first kappa shape index (κ1) is 19.5. The number of hydrogen-bond acceptors (Lipinski definition) is 2. The van der Waals surface area contributed by atoms with Gasteiger partial charge in [0.25, 0.3) is 0 Å². The molecule has 1 atom stereocenters. The van der Waals surface area contributed by atoms with Crippen molar-refractivity contribution in [1.82, 2.24) is 5.32 Å². The van der Waals surface area contributed by atoms with Crippen LogP contribution in [-0.4, -0.2) is 0 Å². The summed E-state index contributed by atoms with van der Waals surface area (Å²) in [5, 5.41) is 4.42. The van der Waals surface area contributed by atoms with E-state index < -0.39 is 0 Å². The number of ether oxygens (including phenoxy) is 1. The van der Waals surface area contributed by atoms with Crippen molar-refractivity contribution < 1.29 is 4.74 Å². The van der Waals surface area contributed by atoms with E-state index in [1.807, 2.05) is 36.4 Å².